The highest BCUT2D eigenvalue weighted by molar-refractivity contribution is 7.99. The van der Waals surface area contributed by atoms with Crippen molar-refractivity contribution >= 4 is 11.8 Å². The summed E-state index contributed by atoms with van der Waals surface area (Å²) in [5.41, 5.74) is 0. The van der Waals surface area contributed by atoms with Gasteiger partial charge in [0.05, 0.1) is 12.6 Å². The normalized spacial score (nSPS) is 12.9. The van der Waals surface area contributed by atoms with E-state index in [1.165, 1.54) is 0 Å². The van der Waals surface area contributed by atoms with Gasteiger partial charge in [0, 0.05) is 5.75 Å². The minimum Gasteiger partial charge on any atom is -0.310 e. The summed E-state index contributed by atoms with van der Waals surface area (Å²) in [6, 6.07) is 0.360. The molecule has 0 spiro atoms. The van der Waals surface area contributed by atoms with Crippen LogP contribution in [-0.2, 0) is 6.54 Å². The molecule has 0 aliphatic carbocycles. The second-order valence-corrected chi connectivity index (χ2v) is 5.04. The standard InChI is InChI=1S/C10H21N5S/c1-4-6-11-7-10-12-13-14-15(10)9(3)8-16-5-2/h9,11H,4-8H2,1-3H3. The van der Waals surface area contributed by atoms with Gasteiger partial charge < -0.3 is 5.32 Å². The van der Waals surface area contributed by atoms with E-state index in [0.717, 1.165) is 36.8 Å². The summed E-state index contributed by atoms with van der Waals surface area (Å²) in [6.45, 7) is 8.23. The summed E-state index contributed by atoms with van der Waals surface area (Å²) in [5.74, 6) is 3.12. The van der Waals surface area contributed by atoms with Crippen LogP contribution >= 0.6 is 11.8 Å². The molecule has 1 heterocycles. The fraction of sp³-hybridized carbons (Fsp3) is 0.900. The fourth-order valence-electron chi connectivity index (χ4n) is 1.41. The van der Waals surface area contributed by atoms with Gasteiger partial charge in [-0.1, -0.05) is 13.8 Å². The van der Waals surface area contributed by atoms with Crippen molar-refractivity contribution in [3.05, 3.63) is 5.82 Å². The maximum atomic E-state index is 4.05. The van der Waals surface area contributed by atoms with Crippen LogP contribution in [0.15, 0.2) is 0 Å². The Morgan fingerprint density at radius 2 is 2.25 bits per heavy atom. The Balaban J connectivity index is 2.48. The van der Waals surface area contributed by atoms with Crippen LogP contribution in [0.2, 0.25) is 0 Å². The molecule has 1 unspecified atom stereocenters. The van der Waals surface area contributed by atoms with Gasteiger partial charge in [0.1, 0.15) is 0 Å². The molecule has 5 nitrogen and oxygen atoms in total. The molecule has 0 fully saturated rings. The average molecular weight is 243 g/mol. The first-order valence-electron chi connectivity index (χ1n) is 5.84. The lowest BCUT2D eigenvalue weighted by atomic mass is 10.4. The molecule has 0 aromatic carbocycles. The van der Waals surface area contributed by atoms with E-state index in [0.29, 0.717) is 6.04 Å². The molecule has 6 heteroatoms. The van der Waals surface area contributed by atoms with Gasteiger partial charge in [0.25, 0.3) is 0 Å². The maximum absolute atomic E-state index is 4.05. The molecule has 1 rings (SSSR count). The third-order valence-electron chi connectivity index (χ3n) is 2.25. The summed E-state index contributed by atoms with van der Waals surface area (Å²) >= 11 is 1.91. The number of rotatable bonds is 8. The van der Waals surface area contributed by atoms with Crippen molar-refractivity contribution in [1.82, 2.24) is 25.5 Å². The van der Waals surface area contributed by atoms with E-state index in [4.69, 9.17) is 0 Å². The number of nitrogens with zero attached hydrogens (tertiary/aromatic N) is 4. The molecule has 0 aliphatic heterocycles. The quantitative estimate of drug-likeness (QED) is 0.701. The van der Waals surface area contributed by atoms with Gasteiger partial charge in [-0.15, -0.1) is 5.10 Å². The number of hydrogen-bond acceptors (Lipinski definition) is 5. The molecule has 1 atom stereocenters. The summed E-state index contributed by atoms with van der Waals surface area (Å²) < 4.78 is 1.92. The molecule has 92 valence electrons. The highest BCUT2D eigenvalue weighted by Crippen LogP contribution is 2.13. The topological polar surface area (TPSA) is 55.6 Å². The van der Waals surface area contributed by atoms with Crippen molar-refractivity contribution in [2.45, 2.75) is 39.8 Å². The molecule has 0 saturated carbocycles. The predicted octanol–water partition coefficient (Wildman–Crippen LogP) is 1.49. The highest BCUT2D eigenvalue weighted by Gasteiger charge is 2.11. The predicted molar refractivity (Wildman–Crippen MR) is 67.5 cm³/mol. The number of hydrogen-bond donors (Lipinski definition) is 1. The molecule has 1 aromatic rings. The third kappa shape index (κ3) is 4.09. The number of thioether (sulfide) groups is 1. The van der Waals surface area contributed by atoms with E-state index in [9.17, 15) is 0 Å². The molecule has 16 heavy (non-hydrogen) atoms. The van der Waals surface area contributed by atoms with Crippen LogP contribution < -0.4 is 5.32 Å². The van der Waals surface area contributed by atoms with E-state index >= 15 is 0 Å². The second kappa shape index (κ2) is 7.62. The SMILES string of the molecule is CCCNCc1nnnn1C(C)CSCC. The van der Waals surface area contributed by atoms with Crippen LogP contribution in [-0.4, -0.2) is 38.3 Å². The molecule has 0 aliphatic rings. The van der Waals surface area contributed by atoms with Crippen molar-refractivity contribution in [3.8, 4) is 0 Å². The van der Waals surface area contributed by atoms with E-state index in [1.54, 1.807) is 0 Å². The Bertz CT molecular complexity index is 288. The molecular formula is C10H21N5S. The Hall–Kier alpha value is -0.620. The van der Waals surface area contributed by atoms with Gasteiger partial charge in [-0.25, -0.2) is 4.68 Å². The van der Waals surface area contributed by atoms with E-state index in [-0.39, 0.29) is 0 Å². The van der Waals surface area contributed by atoms with Crippen molar-refractivity contribution in [1.29, 1.82) is 0 Å². The second-order valence-electron chi connectivity index (χ2n) is 3.72. The zero-order valence-corrected chi connectivity index (χ0v) is 11.1. The minimum atomic E-state index is 0.360. The first kappa shape index (κ1) is 13.4. The lowest BCUT2D eigenvalue weighted by Gasteiger charge is -2.12. The van der Waals surface area contributed by atoms with Crippen LogP contribution in [0.25, 0.3) is 0 Å². The lowest BCUT2D eigenvalue weighted by molar-refractivity contribution is 0.487. The van der Waals surface area contributed by atoms with Gasteiger partial charge in [-0.3, -0.25) is 0 Å². The molecule has 0 bridgehead atoms. The largest absolute Gasteiger partial charge is 0.310 e. The summed E-state index contributed by atoms with van der Waals surface area (Å²) in [5, 5.41) is 15.2. The maximum Gasteiger partial charge on any atom is 0.165 e. The van der Waals surface area contributed by atoms with Crippen LogP contribution in [0.3, 0.4) is 0 Å². The van der Waals surface area contributed by atoms with Gasteiger partial charge in [0.2, 0.25) is 0 Å². The fourth-order valence-corrected chi connectivity index (χ4v) is 2.13. The van der Waals surface area contributed by atoms with Gasteiger partial charge >= 0.3 is 0 Å². The average Bonchev–Trinajstić information content (AvgIpc) is 2.74. The number of aromatic nitrogens is 4. The van der Waals surface area contributed by atoms with E-state index in [1.807, 2.05) is 16.4 Å². The molecule has 0 amide bonds. The Morgan fingerprint density at radius 3 is 2.94 bits per heavy atom. The lowest BCUT2D eigenvalue weighted by Crippen LogP contribution is -2.20. The molecule has 0 saturated heterocycles. The summed E-state index contributed by atoms with van der Waals surface area (Å²) in [6.07, 6.45) is 1.13. The van der Waals surface area contributed by atoms with Crippen molar-refractivity contribution in [2.24, 2.45) is 0 Å². The zero-order valence-electron chi connectivity index (χ0n) is 10.3. The summed E-state index contributed by atoms with van der Waals surface area (Å²) in [4.78, 5) is 0. The first-order chi connectivity index (χ1) is 7.79. The van der Waals surface area contributed by atoms with Crippen LogP contribution in [0.5, 0.6) is 0 Å². The molecular weight excluding hydrogens is 222 g/mol. The van der Waals surface area contributed by atoms with Crippen LogP contribution in [0.4, 0.5) is 0 Å². The number of nitrogens with one attached hydrogen (secondary N) is 1. The Kier molecular flexibility index (Phi) is 6.40. The molecule has 1 aromatic heterocycles. The zero-order chi connectivity index (χ0) is 11.8. The number of tetrazole rings is 1. The van der Waals surface area contributed by atoms with Gasteiger partial charge in [-0.2, -0.15) is 11.8 Å². The van der Waals surface area contributed by atoms with Crippen molar-refractivity contribution < 1.29 is 0 Å². The van der Waals surface area contributed by atoms with Gasteiger partial charge in [-0.05, 0) is 36.1 Å². The Morgan fingerprint density at radius 1 is 1.44 bits per heavy atom. The monoisotopic (exact) mass is 243 g/mol. The van der Waals surface area contributed by atoms with E-state index < -0.39 is 0 Å². The van der Waals surface area contributed by atoms with E-state index in [2.05, 4.69) is 41.6 Å². The van der Waals surface area contributed by atoms with Crippen molar-refractivity contribution in [3.63, 3.8) is 0 Å². The minimum absolute atomic E-state index is 0.360. The molecule has 1 N–H and O–H groups in total. The first-order valence-corrected chi connectivity index (χ1v) is 7.00. The van der Waals surface area contributed by atoms with Gasteiger partial charge in [0.15, 0.2) is 5.82 Å². The van der Waals surface area contributed by atoms with Crippen LogP contribution in [0.1, 0.15) is 39.1 Å². The molecule has 0 radical (unpaired) electrons. The Labute approximate surface area is 101 Å². The van der Waals surface area contributed by atoms with Crippen molar-refractivity contribution in [2.75, 3.05) is 18.1 Å². The summed E-state index contributed by atoms with van der Waals surface area (Å²) in [7, 11) is 0. The third-order valence-corrected chi connectivity index (χ3v) is 3.38. The van der Waals surface area contributed by atoms with Crippen LogP contribution in [0, 0.1) is 0 Å². The smallest absolute Gasteiger partial charge is 0.165 e. The highest BCUT2D eigenvalue weighted by atomic mass is 32.2.